The lowest BCUT2D eigenvalue weighted by molar-refractivity contribution is -0.150. The minimum Gasteiger partial charge on any atom is -0.496 e. The summed E-state index contributed by atoms with van der Waals surface area (Å²) in [5, 5.41) is 16.0. The van der Waals surface area contributed by atoms with Gasteiger partial charge in [0.2, 0.25) is 11.8 Å². The topological polar surface area (TPSA) is 118 Å². The molecule has 1 aliphatic heterocycles. The number of thioether (sulfide) groups is 1. The number of benzene rings is 2. The van der Waals surface area contributed by atoms with Crippen LogP contribution in [0.3, 0.4) is 0 Å². The molecule has 0 aliphatic carbocycles. The lowest BCUT2D eigenvalue weighted by Gasteiger charge is -2.31. The first kappa shape index (κ1) is 25.6. The largest absolute Gasteiger partial charge is 0.496 e. The van der Waals surface area contributed by atoms with E-state index in [1.165, 1.54) is 14.2 Å². The Kier molecular flexibility index (Phi) is 8.61. The average molecular weight is 565 g/mol. The predicted octanol–water partition coefficient (Wildman–Crippen LogP) is 4.22. The van der Waals surface area contributed by atoms with Gasteiger partial charge in [-0.15, -0.1) is 0 Å². The molecule has 2 atom stereocenters. The third-order valence-electron chi connectivity index (χ3n) is 4.99. The van der Waals surface area contributed by atoms with Crippen LogP contribution in [0.4, 0.5) is 5.69 Å². The summed E-state index contributed by atoms with van der Waals surface area (Å²) >= 11 is 10.2. The number of ether oxygens (including phenoxy) is 2. The smallest absolute Gasteiger partial charge is 0.319 e. The number of allylic oxidation sites excluding steroid dienone is 1. The van der Waals surface area contributed by atoms with Crippen molar-refractivity contribution < 1.29 is 23.9 Å². The molecule has 2 aromatic rings. The summed E-state index contributed by atoms with van der Waals surface area (Å²) < 4.78 is 10.7. The molecule has 176 valence electrons. The van der Waals surface area contributed by atoms with Crippen LogP contribution in [0.25, 0.3) is 0 Å². The number of carbonyl (C=O) groups excluding carboxylic acids is 3. The Morgan fingerprint density at radius 3 is 2.53 bits per heavy atom. The molecule has 2 N–H and O–H groups in total. The highest BCUT2D eigenvalue weighted by Gasteiger charge is 2.44. The Morgan fingerprint density at radius 1 is 1.24 bits per heavy atom. The maximum absolute atomic E-state index is 12.9. The zero-order valence-electron chi connectivity index (χ0n) is 18.1. The number of amides is 2. The van der Waals surface area contributed by atoms with Crippen LogP contribution >= 0.6 is 39.3 Å². The van der Waals surface area contributed by atoms with E-state index in [4.69, 9.17) is 21.1 Å². The standard InChI is InChI=1S/C23H19BrClN3O5S/c1-32-17-8-3-12(9-16(17)24)19-15(10-26)22(28-21(30)20(19)23(31)33-2)34-11-18(29)27-14-6-4-13(25)5-7-14/h3-9,19-20H,11H2,1-2H3,(H,27,29)(H,28,30)/t19-,20-/m1/s1. The molecular formula is C23H19BrClN3O5S. The fraction of sp³-hybridized carbons (Fsp3) is 0.217. The van der Waals surface area contributed by atoms with Crippen molar-refractivity contribution in [3.8, 4) is 11.8 Å². The minimum atomic E-state index is -1.27. The zero-order chi connectivity index (χ0) is 24.8. The molecule has 0 aromatic heterocycles. The molecular weight excluding hydrogens is 546 g/mol. The van der Waals surface area contributed by atoms with Crippen molar-refractivity contribution in [1.29, 1.82) is 5.26 Å². The van der Waals surface area contributed by atoms with Crippen LogP contribution in [0.15, 0.2) is 57.5 Å². The molecule has 2 aromatic carbocycles. The quantitative estimate of drug-likeness (QED) is 0.382. The number of carbonyl (C=O) groups is 3. The summed E-state index contributed by atoms with van der Waals surface area (Å²) in [7, 11) is 2.69. The molecule has 3 rings (SSSR count). The molecule has 8 nitrogen and oxygen atoms in total. The zero-order valence-corrected chi connectivity index (χ0v) is 21.2. The molecule has 0 saturated heterocycles. The van der Waals surface area contributed by atoms with Gasteiger partial charge in [-0.05, 0) is 57.9 Å². The van der Waals surface area contributed by atoms with E-state index in [0.717, 1.165) is 11.8 Å². The Balaban J connectivity index is 1.92. The van der Waals surface area contributed by atoms with Crippen LogP contribution in [-0.2, 0) is 19.1 Å². The number of nitriles is 1. The predicted molar refractivity (Wildman–Crippen MR) is 132 cm³/mol. The Labute approximate surface area is 213 Å². The first-order valence-electron chi connectivity index (χ1n) is 9.83. The second-order valence-electron chi connectivity index (χ2n) is 7.06. The molecule has 2 amide bonds. The number of hydrogen-bond donors (Lipinski definition) is 2. The van der Waals surface area contributed by atoms with Crippen molar-refractivity contribution in [2.45, 2.75) is 5.92 Å². The number of esters is 1. The molecule has 0 fully saturated rings. The maximum Gasteiger partial charge on any atom is 0.319 e. The molecule has 0 bridgehead atoms. The van der Waals surface area contributed by atoms with Gasteiger partial charge in [-0.3, -0.25) is 14.4 Å². The fourth-order valence-electron chi connectivity index (χ4n) is 3.42. The lowest BCUT2D eigenvalue weighted by Crippen LogP contribution is -2.44. The molecule has 0 unspecified atom stereocenters. The number of anilines is 1. The summed E-state index contributed by atoms with van der Waals surface area (Å²) in [6, 6.07) is 13.7. The Bertz CT molecular complexity index is 1200. The van der Waals surface area contributed by atoms with E-state index in [1.807, 2.05) is 0 Å². The van der Waals surface area contributed by atoms with Gasteiger partial charge in [0.25, 0.3) is 0 Å². The van der Waals surface area contributed by atoms with E-state index >= 15 is 0 Å². The first-order valence-corrected chi connectivity index (χ1v) is 12.0. The number of nitrogens with zero attached hydrogens (tertiary/aromatic N) is 1. The van der Waals surface area contributed by atoms with E-state index in [0.29, 0.717) is 26.5 Å². The number of rotatable bonds is 7. The molecule has 1 heterocycles. The van der Waals surface area contributed by atoms with Crippen molar-refractivity contribution >= 4 is 62.8 Å². The molecule has 0 saturated carbocycles. The van der Waals surface area contributed by atoms with Crippen LogP contribution < -0.4 is 15.4 Å². The fourth-order valence-corrected chi connectivity index (χ4v) is 4.96. The van der Waals surface area contributed by atoms with Crippen LogP contribution in [0.2, 0.25) is 5.02 Å². The third-order valence-corrected chi connectivity index (χ3v) is 6.88. The highest BCUT2D eigenvalue weighted by molar-refractivity contribution is 9.10. The van der Waals surface area contributed by atoms with Crippen LogP contribution in [-0.4, -0.2) is 37.8 Å². The van der Waals surface area contributed by atoms with Gasteiger partial charge in [-0.25, -0.2) is 0 Å². The Hall–Kier alpha value is -3.00. The Morgan fingerprint density at radius 2 is 1.94 bits per heavy atom. The van der Waals surface area contributed by atoms with Crippen molar-refractivity contribution in [2.24, 2.45) is 5.92 Å². The van der Waals surface area contributed by atoms with E-state index in [9.17, 15) is 19.6 Å². The maximum atomic E-state index is 12.9. The molecule has 11 heteroatoms. The number of methoxy groups -OCH3 is 2. The van der Waals surface area contributed by atoms with Gasteiger partial charge in [-0.2, -0.15) is 5.26 Å². The normalized spacial score (nSPS) is 17.4. The summed E-state index contributed by atoms with van der Waals surface area (Å²) in [5.74, 6) is -3.44. The van der Waals surface area contributed by atoms with Gasteiger partial charge < -0.3 is 20.1 Å². The minimum absolute atomic E-state index is 0.0780. The van der Waals surface area contributed by atoms with Crippen molar-refractivity contribution in [1.82, 2.24) is 5.32 Å². The van der Waals surface area contributed by atoms with Crippen molar-refractivity contribution in [3.63, 3.8) is 0 Å². The van der Waals surface area contributed by atoms with Crippen LogP contribution in [0, 0.1) is 17.2 Å². The second-order valence-corrected chi connectivity index (χ2v) is 9.34. The SMILES string of the molecule is COC(=O)[C@H]1C(=O)NC(SCC(=O)Nc2ccc(Cl)cc2)=C(C#N)[C@H]1c1ccc(OC)c(Br)c1. The molecule has 34 heavy (non-hydrogen) atoms. The van der Waals surface area contributed by atoms with E-state index in [-0.39, 0.29) is 22.3 Å². The third kappa shape index (κ3) is 5.73. The molecule has 0 spiro atoms. The van der Waals surface area contributed by atoms with Gasteiger partial charge in [0.05, 0.1) is 41.1 Å². The highest BCUT2D eigenvalue weighted by atomic mass is 79.9. The summed E-state index contributed by atoms with van der Waals surface area (Å²) in [6.45, 7) is 0. The lowest BCUT2D eigenvalue weighted by atomic mass is 9.78. The van der Waals surface area contributed by atoms with Gasteiger partial charge in [0, 0.05) is 16.6 Å². The van der Waals surface area contributed by atoms with Crippen molar-refractivity contribution in [3.05, 3.63) is 68.1 Å². The number of halogens is 2. The molecule has 0 radical (unpaired) electrons. The van der Waals surface area contributed by atoms with E-state index in [1.54, 1.807) is 42.5 Å². The summed E-state index contributed by atoms with van der Waals surface area (Å²) in [5.41, 5.74) is 1.25. The van der Waals surface area contributed by atoms with Gasteiger partial charge in [-0.1, -0.05) is 29.4 Å². The number of nitrogens with one attached hydrogen (secondary N) is 2. The summed E-state index contributed by atoms with van der Waals surface area (Å²) in [6.07, 6.45) is 0. The monoisotopic (exact) mass is 563 g/mol. The highest BCUT2D eigenvalue weighted by Crippen LogP contribution is 2.42. The average Bonchev–Trinajstić information content (AvgIpc) is 2.83. The first-order chi connectivity index (χ1) is 16.3. The van der Waals surface area contributed by atoms with Gasteiger partial charge >= 0.3 is 5.97 Å². The number of hydrogen-bond acceptors (Lipinski definition) is 7. The second kappa shape index (κ2) is 11.4. The molecule has 1 aliphatic rings. The van der Waals surface area contributed by atoms with Gasteiger partial charge in [0.15, 0.2) is 0 Å². The van der Waals surface area contributed by atoms with Crippen molar-refractivity contribution in [2.75, 3.05) is 25.3 Å². The summed E-state index contributed by atoms with van der Waals surface area (Å²) in [4.78, 5) is 37.8. The van der Waals surface area contributed by atoms with Gasteiger partial charge in [0.1, 0.15) is 11.7 Å². The van der Waals surface area contributed by atoms with Crippen LogP contribution in [0.5, 0.6) is 5.75 Å². The van der Waals surface area contributed by atoms with E-state index in [2.05, 4.69) is 32.6 Å². The van der Waals surface area contributed by atoms with E-state index < -0.39 is 23.7 Å². The van der Waals surface area contributed by atoms with Crippen LogP contribution in [0.1, 0.15) is 11.5 Å².